The van der Waals surface area contributed by atoms with Crippen LogP contribution in [-0.2, 0) is 33.3 Å². The number of fused-ring (bicyclic) bond motifs is 2. The molecule has 48 heavy (non-hydrogen) atoms. The minimum absolute atomic E-state index is 0.00628. The van der Waals surface area contributed by atoms with Gasteiger partial charge in [0.2, 0.25) is 16.8 Å². The average molecular weight is 805 g/mol. The van der Waals surface area contributed by atoms with Gasteiger partial charge < -0.3 is 43.6 Å². The molecule has 270 valence electrons. The van der Waals surface area contributed by atoms with Gasteiger partial charge in [-0.15, -0.1) is 0 Å². The van der Waals surface area contributed by atoms with Crippen LogP contribution in [-0.4, -0.2) is 104 Å². The molecule has 2 aliphatic carbocycles. The standard InChI is InChI=1S/C16H22BrNO4.C14H21NO4.C5H9BrO/c1-9(18-3)6-11-4-5-14-16(22-11)7-12(17)15(20-10(2)19)13(8-16)21-14;1-8(15-2)5-9-3-4-12-14(19-9)6-10(16)13(17)11(7-14)18-12;1-5(2,3)4(6)7/h9,11-15H,4-8H2,1-2H3;8-13,16-17H,3-7H2,1H3;1-3H3/t9-,11-,12+,13-,14+,15-,16+;8-,9-,10-,11-,12+,13?,14+;/m11./s1. The first kappa shape index (κ1) is 39.6. The van der Waals surface area contributed by atoms with Gasteiger partial charge in [0.15, 0.2) is 0 Å². The van der Waals surface area contributed by atoms with Crippen LogP contribution in [0.15, 0.2) is 0 Å². The van der Waals surface area contributed by atoms with Gasteiger partial charge >= 0.3 is 5.97 Å². The minimum Gasteiger partial charge on any atom is -0.459 e. The third-order valence-electron chi connectivity index (χ3n) is 10.4. The molecular weight excluding hydrogens is 752 g/mol. The number of alkyl halides is 1. The summed E-state index contributed by atoms with van der Waals surface area (Å²) in [6, 6.07) is -0.0385. The number of carbonyl (C=O) groups is 2. The van der Waals surface area contributed by atoms with Crippen molar-refractivity contribution in [3.8, 4) is 0 Å². The smallest absolute Gasteiger partial charge is 0.303 e. The lowest BCUT2D eigenvalue weighted by molar-refractivity contribution is -0.178. The van der Waals surface area contributed by atoms with Crippen LogP contribution in [0.2, 0.25) is 0 Å². The number of ether oxygens (including phenoxy) is 5. The molecule has 4 heterocycles. The zero-order chi connectivity index (χ0) is 35.6. The van der Waals surface area contributed by atoms with E-state index >= 15 is 0 Å². The fourth-order valence-electron chi connectivity index (χ4n) is 7.94. The highest BCUT2D eigenvalue weighted by Gasteiger charge is 2.61. The van der Waals surface area contributed by atoms with Crippen molar-refractivity contribution in [3.63, 3.8) is 0 Å². The Kier molecular flexibility index (Phi) is 13.2. The lowest BCUT2D eigenvalue weighted by Crippen LogP contribution is -2.54. The second kappa shape index (κ2) is 16.0. The molecule has 2 saturated carbocycles. The summed E-state index contributed by atoms with van der Waals surface area (Å²) in [4.78, 5) is 28.8. The topological polar surface area (TPSA) is 129 Å². The maximum Gasteiger partial charge on any atom is 0.303 e. The van der Waals surface area contributed by atoms with E-state index in [-0.39, 0.29) is 81.3 Å². The molecule has 4 bridgehead atoms. The summed E-state index contributed by atoms with van der Waals surface area (Å²) in [5.74, 6) is -0.270. The van der Waals surface area contributed by atoms with E-state index in [4.69, 9.17) is 36.8 Å². The number of aliphatic hydroxyl groups excluding tert-OH is 2. The molecule has 0 aromatic carbocycles. The van der Waals surface area contributed by atoms with Crippen LogP contribution in [0.5, 0.6) is 0 Å². The van der Waals surface area contributed by atoms with Crippen LogP contribution in [0.1, 0.15) is 106 Å². The first-order chi connectivity index (χ1) is 22.4. The minimum atomic E-state index is -0.791. The molecule has 2 spiro atoms. The maximum atomic E-state index is 11.3. The SMILES string of the molecule is CC(C)(C)C(=O)Br.[C-]#[N+][C@H](C)C[C@H]1CC[C@@H]2O[C@@H]3C[C@]2(C[C@@H](O)C3O)O1.[C-]#[N+][C@H](C)C[C@H]1CC[C@@H]2O[C@@H]3C[C@]2(C[C@H](Br)[C@H]3OC(C)=O)O1. The van der Waals surface area contributed by atoms with Gasteiger partial charge in [0.05, 0.1) is 58.8 Å². The highest BCUT2D eigenvalue weighted by Crippen LogP contribution is 2.52. The Morgan fingerprint density at radius 2 is 1.33 bits per heavy atom. The predicted octanol–water partition coefficient (Wildman–Crippen LogP) is 5.70. The summed E-state index contributed by atoms with van der Waals surface area (Å²) < 4.78 is 30.1. The van der Waals surface area contributed by atoms with Gasteiger partial charge in [0.25, 0.3) is 0 Å². The van der Waals surface area contributed by atoms with E-state index in [0.29, 0.717) is 12.8 Å². The van der Waals surface area contributed by atoms with Crippen LogP contribution >= 0.6 is 31.9 Å². The Morgan fingerprint density at radius 3 is 1.79 bits per heavy atom. The van der Waals surface area contributed by atoms with E-state index in [2.05, 4.69) is 41.5 Å². The van der Waals surface area contributed by atoms with E-state index in [0.717, 1.165) is 51.4 Å². The molecule has 0 aromatic heterocycles. The fraction of sp³-hybridized carbons (Fsp3) is 0.886. The number of aliphatic hydroxyl groups is 2. The van der Waals surface area contributed by atoms with Crippen molar-refractivity contribution in [1.82, 2.24) is 0 Å². The van der Waals surface area contributed by atoms with E-state index < -0.39 is 17.8 Å². The second-order valence-electron chi connectivity index (χ2n) is 15.5. The lowest BCUT2D eigenvalue weighted by Gasteiger charge is -2.45. The first-order valence-electron chi connectivity index (χ1n) is 17.2. The highest BCUT2D eigenvalue weighted by molar-refractivity contribution is 9.18. The molecule has 14 atom stereocenters. The average Bonchev–Trinajstić information content (AvgIpc) is 3.50. The zero-order valence-corrected chi connectivity index (χ0v) is 32.1. The van der Waals surface area contributed by atoms with Crippen molar-refractivity contribution in [1.29, 1.82) is 0 Å². The second-order valence-corrected chi connectivity index (χ2v) is 17.4. The van der Waals surface area contributed by atoms with Crippen LogP contribution in [0, 0.1) is 18.6 Å². The quantitative estimate of drug-likeness (QED) is 0.156. The van der Waals surface area contributed by atoms with Crippen LogP contribution < -0.4 is 0 Å². The monoisotopic (exact) mass is 802 g/mol. The number of hydrogen-bond donors (Lipinski definition) is 2. The normalized spacial score (nSPS) is 42.1. The van der Waals surface area contributed by atoms with Crippen molar-refractivity contribution in [2.75, 3.05) is 0 Å². The molecule has 4 aliphatic heterocycles. The summed E-state index contributed by atoms with van der Waals surface area (Å²) in [5, 5.41) is 19.8. The summed E-state index contributed by atoms with van der Waals surface area (Å²) in [6.07, 6.45) is 5.96. The third-order valence-corrected chi connectivity index (χ3v) is 12.4. The Balaban J connectivity index is 0.000000183. The van der Waals surface area contributed by atoms with Crippen molar-refractivity contribution in [3.05, 3.63) is 22.8 Å². The molecule has 0 aromatic rings. The molecule has 2 N–H and O–H groups in total. The summed E-state index contributed by atoms with van der Waals surface area (Å²) in [7, 11) is 0. The van der Waals surface area contributed by atoms with Crippen molar-refractivity contribution >= 4 is 42.5 Å². The molecule has 1 unspecified atom stereocenters. The van der Waals surface area contributed by atoms with Crippen molar-refractivity contribution in [2.24, 2.45) is 5.41 Å². The largest absolute Gasteiger partial charge is 0.459 e. The molecule has 0 radical (unpaired) electrons. The van der Waals surface area contributed by atoms with E-state index in [9.17, 15) is 19.8 Å². The molecule has 11 nitrogen and oxygen atoms in total. The first-order valence-corrected chi connectivity index (χ1v) is 18.9. The lowest BCUT2D eigenvalue weighted by atomic mass is 9.76. The maximum absolute atomic E-state index is 11.3. The summed E-state index contributed by atoms with van der Waals surface area (Å²) in [6.45, 7) is 25.0. The Morgan fingerprint density at radius 1 is 0.875 bits per heavy atom. The Hall–Kier alpha value is -1.16. The fourth-order valence-corrected chi connectivity index (χ4v) is 8.93. The van der Waals surface area contributed by atoms with Gasteiger partial charge in [-0.3, -0.25) is 9.59 Å². The molecular formula is C35H52Br2N2O9. The highest BCUT2D eigenvalue weighted by atomic mass is 79.9. The molecule has 13 heteroatoms. The molecule has 6 rings (SSSR count). The van der Waals surface area contributed by atoms with Gasteiger partial charge in [-0.1, -0.05) is 36.7 Å². The van der Waals surface area contributed by atoms with Gasteiger partial charge in [-0.05, 0) is 48.0 Å². The summed E-state index contributed by atoms with van der Waals surface area (Å²) in [5.41, 5.74) is -0.936. The number of halogens is 2. The van der Waals surface area contributed by atoms with Crippen molar-refractivity contribution in [2.45, 2.75) is 189 Å². The number of hydrogen-bond acceptors (Lipinski definition) is 9. The number of nitrogens with zero attached hydrogens (tertiary/aromatic N) is 2. The number of carbonyl (C=O) groups excluding carboxylic acids is 2. The summed E-state index contributed by atoms with van der Waals surface area (Å²) >= 11 is 6.52. The predicted molar refractivity (Wildman–Crippen MR) is 184 cm³/mol. The molecule has 6 aliphatic rings. The zero-order valence-electron chi connectivity index (χ0n) is 28.9. The van der Waals surface area contributed by atoms with E-state index in [1.54, 1.807) is 0 Å². The van der Waals surface area contributed by atoms with Crippen molar-refractivity contribution < 1.29 is 43.5 Å². The molecule has 4 saturated heterocycles. The number of esters is 1. The van der Waals surface area contributed by atoms with Gasteiger partial charge in [0.1, 0.15) is 12.2 Å². The van der Waals surface area contributed by atoms with Crippen LogP contribution in [0.25, 0.3) is 9.69 Å². The van der Waals surface area contributed by atoms with Gasteiger partial charge in [-0.25, -0.2) is 13.1 Å². The molecule has 6 fully saturated rings. The van der Waals surface area contributed by atoms with E-state index in [1.165, 1.54) is 6.92 Å². The van der Waals surface area contributed by atoms with Crippen LogP contribution in [0.4, 0.5) is 0 Å². The number of rotatable bonds is 5. The van der Waals surface area contributed by atoms with E-state index in [1.807, 2.05) is 34.6 Å². The van der Waals surface area contributed by atoms with Crippen LogP contribution in [0.3, 0.4) is 0 Å². The Bertz CT molecular complexity index is 1240. The van der Waals surface area contributed by atoms with Gasteiger partial charge in [0, 0.05) is 58.3 Å². The Labute approximate surface area is 302 Å². The third kappa shape index (κ3) is 9.19. The van der Waals surface area contributed by atoms with Gasteiger partial charge in [-0.2, -0.15) is 0 Å². The molecule has 0 amide bonds.